The number of halogens is 2. The van der Waals surface area contributed by atoms with E-state index in [0.717, 1.165) is 38.1 Å². The predicted molar refractivity (Wildman–Crippen MR) is 126 cm³/mol. The van der Waals surface area contributed by atoms with Crippen LogP contribution in [0.25, 0.3) is 0 Å². The van der Waals surface area contributed by atoms with E-state index in [-0.39, 0.29) is 17.4 Å². The number of alkyl halides is 2. The van der Waals surface area contributed by atoms with Gasteiger partial charge in [0.25, 0.3) is 11.7 Å². The number of methoxy groups -OCH3 is 2. The van der Waals surface area contributed by atoms with Crippen molar-refractivity contribution in [3.05, 3.63) is 53.6 Å². The van der Waals surface area contributed by atoms with Crippen molar-refractivity contribution in [1.82, 2.24) is 10.2 Å². The molecule has 1 aliphatic carbocycles. The molecule has 1 aliphatic heterocycles. The van der Waals surface area contributed by atoms with Gasteiger partial charge in [-0.3, -0.25) is 4.79 Å². The standard InChI is InChI=1S/C25H30F2N2O3S/c1-29-14-18-12-19(28-23(30)16-5-4-6-20(11-16)33-24(26)27)9-10-25(18,15-29)17-7-8-21(31-2)22(13-17)32-3/h4-8,11,13,18-19,24H,9-10,12,14-15H2,1-3H3,(H,28,30)/t18-,19-,25+/m1/s1. The highest BCUT2D eigenvalue weighted by molar-refractivity contribution is 7.99. The molecule has 33 heavy (non-hydrogen) atoms. The van der Waals surface area contributed by atoms with E-state index in [2.05, 4.69) is 29.4 Å². The van der Waals surface area contributed by atoms with Gasteiger partial charge in [-0.1, -0.05) is 23.9 Å². The molecule has 2 aliphatic rings. The smallest absolute Gasteiger partial charge is 0.288 e. The highest BCUT2D eigenvalue weighted by Gasteiger charge is 2.50. The molecular formula is C25H30F2N2O3S. The number of amides is 1. The fraction of sp³-hybridized carbons (Fsp3) is 0.480. The number of fused-ring (bicyclic) bond motifs is 1. The Labute approximate surface area is 197 Å². The van der Waals surface area contributed by atoms with Gasteiger partial charge >= 0.3 is 0 Å². The fourth-order valence-corrected chi connectivity index (χ4v) is 6.09. The van der Waals surface area contributed by atoms with Gasteiger partial charge in [0, 0.05) is 35.0 Å². The summed E-state index contributed by atoms with van der Waals surface area (Å²) in [6.45, 7) is 1.92. The lowest BCUT2D eigenvalue weighted by Crippen LogP contribution is -2.47. The summed E-state index contributed by atoms with van der Waals surface area (Å²) in [4.78, 5) is 15.6. The van der Waals surface area contributed by atoms with E-state index < -0.39 is 5.76 Å². The molecule has 0 unspecified atom stereocenters. The molecule has 3 atom stereocenters. The van der Waals surface area contributed by atoms with Crippen molar-refractivity contribution in [1.29, 1.82) is 0 Å². The summed E-state index contributed by atoms with van der Waals surface area (Å²) in [6.07, 6.45) is 2.68. The normalized spacial score (nSPS) is 25.0. The highest BCUT2D eigenvalue weighted by Crippen LogP contribution is 2.49. The molecule has 1 saturated carbocycles. The summed E-state index contributed by atoms with van der Waals surface area (Å²) in [7, 11) is 5.43. The molecular weight excluding hydrogens is 446 g/mol. The van der Waals surface area contributed by atoms with Gasteiger partial charge in [0.1, 0.15) is 0 Å². The second kappa shape index (κ2) is 9.89. The van der Waals surface area contributed by atoms with Crippen molar-refractivity contribution in [2.45, 2.75) is 41.4 Å². The number of carbonyl (C=O) groups is 1. The van der Waals surface area contributed by atoms with Crippen molar-refractivity contribution in [2.75, 3.05) is 34.4 Å². The zero-order chi connectivity index (χ0) is 23.6. The van der Waals surface area contributed by atoms with Crippen LogP contribution in [0.5, 0.6) is 11.5 Å². The Balaban J connectivity index is 1.49. The van der Waals surface area contributed by atoms with Crippen molar-refractivity contribution in [3.8, 4) is 11.5 Å². The largest absolute Gasteiger partial charge is 0.493 e. The number of carbonyl (C=O) groups excluding carboxylic acids is 1. The van der Waals surface area contributed by atoms with Gasteiger partial charge in [0.05, 0.1) is 14.2 Å². The lowest BCUT2D eigenvalue weighted by Gasteiger charge is -2.43. The number of nitrogens with zero attached hydrogens (tertiary/aromatic N) is 1. The molecule has 0 bridgehead atoms. The molecule has 178 valence electrons. The SMILES string of the molecule is COc1ccc([C@@]23CC[C@@H](NC(=O)c4cccc(SC(F)F)c4)C[C@@H]2CN(C)C3)cc1OC. The molecule has 2 aromatic carbocycles. The maximum Gasteiger partial charge on any atom is 0.288 e. The maximum atomic E-state index is 12.9. The van der Waals surface area contributed by atoms with E-state index in [1.807, 2.05) is 6.07 Å². The molecule has 5 nitrogen and oxygen atoms in total. The number of likely N-dealkylation sites (tertiary alicyclic amines) is 1. The molecule has 2 fully saturated rings. The van der Waals surface area contributed by atoms with Gasteiger partial charge < -0.3 is 19.7 Å². The number of likely N-dealkylation sites (N-methyl/N-ethyl adjacent to an activating group) is 1. The second-order valence-corrected chi connectivity index (χ2v) is 10.0. The molecule has 2 aromatic rings. The first-order valence-corrected chi connectivity index (χ1v) is 12.0. The van der Waals surface area contributed by atoms with E-state index in [1.54, 1.807) is 32.4 Å². The number of hydrogen-bond donors (Lipinski definition) is 1. The molecule has 0 radical (unpaired) electrons. The molecule has 1 heterocycles. The van der Waals surface area contributed by atoms with Crippen LogP contribution >= 0.6 is 11.8 Å². The van der Waals surface area contributed by atoms with Gasteiger partial charge in [0.2, 0.25) is 0 Å². The molecule has 1 amide bonds. The van der Waals surface area contributed by atoms with E-state index in [4.69, 9.17) is 9.47 Å². The minimum Gasteiger partial charge on any atom is -0.493 e. The summed E-state index contributed by atoms with van der Waals surface area (Å²) in [5.74, 6) is -0.879. The summed E-state index contributed by atoms with van der Waals surface area (Å²) < 4.78 is 36.4. The number of thioether (sulfide) groups is 1. The van der Waals surface area contributed by atoms with Crippen LogP contribution in [-0.2, 0) is 5.41 Å². The van der Waals surface area contributed by atoms with Crippen molar-refractivity contribution in [3.63, 3.8) is 0 Å². The number of benzene rings is 2. The first kappa shape index (κ1) is 23.8. The molecule has 1 saturated heterocycles. The van der Waals surface area contributed by atoms with Crippen LogP contribution in [-0.4, -0.2) is 57.0 Å². The summed E-state index contributed by atoms with van der Waals surface area (Å²) in [5.41, 5.74) is 1.67. The third-order valence-corrected chi connectivity index (χ3v) is 7.69. The number of hydrogen-bond acceptors (Lipinski definition) is 5. The van der Waals surface area contributed by atoms with Crippen molar-refractivity contribution >= 4 is 17.7 Å². The van der Waals surface area contributed by atoms with Gasteiger partial charge in [-0.15, -0.1) is 0 Å². The molecule has 0 spiro atoms. The van der Waals surface area contributed by atoms with Crippen LogP contribution in [0, 0.1) is 5.92 Å². The molecule has 8 heteroatoms. The summed E-state index contributed by atoms with van der Waals surface area (Å²) >= 11 is 0.453. The number of ether oxygens (including phenoxy) is 2. The minimum absolute atomic E-state index is 0.00332. The third-order valence-electron chi connectivity index (χ3n) is 6.99. The topological polar surface area (TPSA) is 50.8 Å². The lowest BCUT2D eigenvalue weighted by atomic mass is 9.63. The summed E-state index contributed by atoms with van der Waals surface area (Å²) in [5, 5.41) is 3.15. The molecule has 0 aromatic heterocycles. The lowest BCUT2D eigenvalue weighted by molar-refractivity contribution is 0.0904. The quantitative estimate of drug-likeness (QED) is 0.582. The van der Waals surface area contributed by atoms with Crippen LogP contribution in [0.2, 0.25) is 0 Å². The summed E-state index contributed by atoms with van der Waals surface area (Å²) in [6, 6.07) is 12.7. The van der Waals surface area contributed by atoms with Gasteiger partial charge in [-0.05, 0) is 68.1 Å². The van der Waals surface area contributed by atoms with Crippen LogP contribution in [0.4, 0.5) is 8.78 Å². The van der Waals surface area contributed by atoms with E-state index >= 15 is 0 Å². The first-order valence-electron chi connectivity index (χ1n) is 11.1. The van der Waals surface area contributed by atoms with Crippen LogP contribution in [0.1, 0.15) is 35.2 Å². The van der Waals surface area contributed by atoms with E-state index in [9.17, 15) is 13.6 Å². The predicted octanol–water partition coefficient (Wildman–Crippen LogP) is 4.80. The van der Waals surface area contributed by atoms with Crippen molar-refractivity contribution < 1.29 is 23.0 Å². The van der Waals surface area contributed by atoms with Gasteiger partial charge in [-0.25, -0.2) is 0 Å². The Morgan fingerprint density at radius 3 is 2.70 bits per heavy atom. The Hall–Kier alpha value is -2.32. The highest BCUT2D eigenvalue weighted by atomic mass is 32.2. The number of nitrogens with one attached hydrogen (secondary N) is 1. The zero-order valence-electron chi connectivity index (χ0n) is 19.1. The van der Waals surface area contributed by atoms with Gasteiger partial charge in [0.15, 0.2) is 11.5 Å². The van der Waals surface area contributed by atoms with E-state index in [0.29, 0.717) is 33.9 Å². The molecule has 1 N–H and O–H groups in total. The minimum atomic E-state index is -2.51. The second-order valence-electron chi connectivity index (χ2n) is 8.97. The first-order chi connectivity index (χ1) is 15.8. The average molecular weight is 477 g/mol. The average Bonchev–Trinajstić information content (AvgIpc) is 3.14. The van der Waals surface area contributed by atoms with Gasteiger partial charge in [-0.2, -0.15) is 8.78 Å². The Morgan fingerprint density at radius 2 is 1.97 bits per heavy atom. The fourth-order valence-electron chi connectivity index (χ4n) is 5.53. The Morgan fingerprint density at radius 1 is 1.18 bits per heavy atom. The third kappa shape index (κ3) is 4.96. The van der Waals surface area contributed by atoms with E-state index in [1.165, 1.54) is 11.6 Å². The Kier molecular flexibility index (Phi) is 7.14. The molecule has 4 rings (SSSR count). The van der Waals surface area contributed by atoms with Crippen LogP contribution in [0.15, 0.2) is 47.4 Å². The Bertz CT molecular complexity index is 1010. The van der Waals surface area contributed by atoms with Crippen LogP contribution in [0.3, 0.4) is 0 Å². The zero-order valence-corrected chi connectivity index (χ0v) is 20.0. The van der Waals surface area contributed by atoms with Crippen molar-refractivity contribution in [2.24, 2.45) is 5.92 Å². The van der Waals surface area contributed by atoms with Crippen LogP contribution < -0.4 is 14.8 Å². The number of rotatable bonds is 7. The maximum absolute atomic E-state index is 12.9. The monoisotopic (exact) mass is 476 g/mol.